The number of fused-ring (bicyclic) bond motifs is 1. The first-order chi connectivity index (χ1) is 11.8. The average Bonchev–Trinajstić information content (AvgIpc) is 2.95. The second-order valence-electron chi connectivity index (χ2n) is 5.81. The monoisotopic (exact) mass is 412 g/mol. The maximum Gasteiger partial charge on any atom is 0.416 e. The molecule has 0 saturated heterocycles. The highest BCUT2D eigenvalue weighted by Gasteiger charge is 2.30. The van der Waals surface area contributed by atoms with Gasteiger partial charge in [-0.25, -0.2) is 9.50 Å². The third-order valence-corrected chi connectivity index (χ3v) is 4.55. The van der Waals surface area contributed by atoms with Gasteiger partial charge in [0.1, 0.15) is 5.82 Å². The van der Waals surface area contributed by atoms with Gasteiger partial charge < -0.3 is 5.32 Å². The van der Waals surface area contributed by atoms with Crippen molar-refractivity contribution >= 4 is 27.4 Å². The molecule has 0 saturated carbocycles. The lowest BCUT2D eigenvalue weighted by Crippen LogP contribution is -2.09. The van der Waals surface area contributed by atoms with E-state index in [2.05, 4.69) is 31.3 Å². The zero-order valence-corrected chi connectivity index (χ0v) is 15.0. The van der Waals surface area contributed by atoms with Gasteiger partial charge in [0.2, 0.25) is 0 Å². The normalized spacial score (nSPS) is 13.2. The van der Waals surface area contributed by atoms with E-state index in [1.54, 1.807) is 29.0 Å². The summed E-state index contributed by atoms with van der Waals surface area (Å²) < 4.78 is 40.9. The maximum atomic E-state index is 12.8. The minimum absolute atomic E-state index is 0.000217. The molecule has 0 bridgehead atoms. The number of benzene rings is 1. The summed E-state index contributed by atoms with van der Waals surface area (Å²) in [6, 6.07) is 7.30. The van der Waals surface area contributed by atoms with E-state index in [1.165, 1.54) is 12.1 Å². The van der Waals surface area contributed by atoms with Crippen LogP contribution in [0.15, 0.2) is 47.2 Å². The first-order valence-electron chi connectivity index (χ1n) is 7.75. The quantitative estimate of drug-likeness (QED) is 0.632. The van der Waals surface area contributed by atoms with Crippen LogP contribution in [-0.4, -0.2) is 21.1 Å². The Labute approximate surface area is 151 Å². The average molecular weight is 413 g/mol. The van der Waals surface area contributed by atoms with E-state index < -0.39 is 11.7 Å². The summed E-state index contributed by atoms with van der Waals surface area (Å²) in [5, 5.41) is 7.33. The summed E-state index contributed by atoms with van der Waals surface area (Å²) in [6.45, 7) is 2.52. The minimum atomic E-state index is -4.31. The second-order valence-corrected chi connectivity index (χ2v) is 6.67. The number of rotatable bonds is 5. The van der Waals surface area contributed by atoms with Crippen molar-refractivity contribution < 1.29 is 13.2 Å². The maximum absolute atomic E-state index is 12.8. The fraction of sp³-hybridized carbons (Fsp3) is 0.294. The highest BCUT2D eigenvalue weighted by molar-refractivity contribution is 9.10. The minimum Gasteiger partial charge on any atom is -0.370 e. The zero-order chi connectivity index (χ0) is 18.0. The Morgan fingerprint density at radius 2 is 2.08 bits per heavy atom. The van der Waals surface area contributed by atoms with Gasteiger partial charge in [-0.15, -0.1) is 0 Å². The van der Waals surface area contributed by atoms with E-state index in [-0.39, 0.29) is 5.92 Å². The topological polar surface area (TPSA) is 42.2 Å². The molecule has 4 nitrogen and oxygen atoms in total. The summed E-state index contributed by atoms with van der Waals surface area (Å²) in [6.07, 6.45) is -0.159. The molecule has 0 aliphatic heterocycles. The first kappa shape index (κ1) is 17.7. The lowest BCUT2D eigenvalue weighted by molar-refractivity contribution is -0.137. The molecule has 3 aromatic rings. The van der Waals surface area contributed by atoms with Crippen LogP contribution in [0.4, 0.5) is 19.0 Å². The van der Waals surface area contributed by atoms with E-state index in [1.807, 2.05) is 6.92 Å². The number of aromatic nitrogens is 3. The van der Waals surface area contributed by atoms with Crippen molar-refractivity contribution in [2.45, 2.75) is 25.4 Å². The van der Waals surface area contributed by atoms with Gasteiger partial charge in [0.15, 0.2) is 5.65 Å². The van der Waals surface area contributed by atoms with Crippen LogP contribution >= 0.6 is 15.9 Å². The number of alkyl halides is 3. The smallest absolute Gasteiger partial charge is 0.370 e. The predicted molar refractivity (Wildman–Crippen MR) is 93.7 cm³/mol. The van der Waals surface area contributed by atoms with Crippen LogP contribution in [0.5, 0.6) is 0 Å². The summed E-state index contributed by atoms with van der Waals surface area (Å²) in [7, 11) is 0. The lowest BCUT2D eigenvalue weighted by Gasteiger charge is -2.15. The van der Waals surface area contributed by atoms with Gasteiger partial charge in [-0.2, -0.15) is 18.3 Å². The first-order valence-corrected chi connectivity index (χ1v) is 8.55. The molecule has 0 aliphatic carbocycles. The molecule has 1 aromatic carbocycles. The molecular formula is C17H16BrF3N4. The Morgan fingerprint density at radius 3 is 2.84 bits per heavy atom. The van der Waals surface area contributed by atoms with Crippen molar-refractivity contribution in [1.82, 2.24) is 14.6 Å². The van der Waals surface area contributed by atoms with E-state index in [0.29, 0.717) is 30.0 Å². The van der Waals surface area contributed by atoms with Crippen LogP contribution in [0.2, 0.25) is 0 Å². The van der Waals surface area contributed by atoms with Crippen LogP contribution in [-0.2, 0) is 6.18 Å². The Kier molecular flexibility index (Phi) is 4.99. The van der Waals surface area contributed by atoms with Gasteiger partial charge in [0.25, 0.3) is 0 Å². The molecule has 0 radical (unpaired) electrons. The number of anilines is 1. The van der Waals surface area contributed by atoms with Gasteiger partial charge in [-0.05, 0) is 46.0 Å². The molecule has 0 fully saturated rings. The summed E-state index contributed by atoms with van der Waals surface area (Å²) >= 11 is 3.38. The fourth-order valence-electron chi connectivity index (χ4n) is 2.54. The van der Waals surface area contributed by atoms with E-state index in [0.717, 1.165) is 10.5 Å². The Hall–Kier alpha value is -2.09. The third-order valence-electron chi connectivity index (χ3n) is 3.99. The molecular weight excluding hydrogens is 397 g/mol. The third kappa shape index (κ3) is 4.12. The molecule has 2 heterocycles. The van der Waals surface area contributed by atoms with Gasteiger partial charge in [0.05, 0.1) is 16.2 Å². The standard InChI is InChI=1S/C17H16BrF3N4/c1-11(12-3-2-4-13(9-12)17(19,20)21)5-7-22-15-6-8-25-16(24-15)14(18)10-23-25/h2-4,6,8-11H,5,7H2,1H3,(H,22,24). The number of hydrogen-bond acceptors (Lipinski definition) is 3. The van der Waals surface area contributed by atoms with Crippen molar-refractivity contribution in [3.05, 3.63) is 58.3 Å². The van der Waals surface area contributed by atoms with Crippen molar-refractivity contribution in [2.24, 2.45) is 0 Å². The molecule has 2 aromatic heterocycles. The van der Waals surface area contributed by atoms with E-state index >= 15 is 0 Å². The van der Waals surface area contributed by atoms with Gasteiger partial charge in [-0.1, -0.05) is 25.1 Å². The summed E-state index contributed by atoms with van der Waals surface area (Å²) in [4.78, 5) is 4.44. The summed E-state index contributed by atoms with van der Waals surface area (Å²) in [5.41, 5.74) is 0.775. The second kappa shape index (κ2) is 7.03. The van der Waals surface area contributed by atoms with Crippen LogP contribution in [0.1, 0.15) is 30.4 Å². The molecule has 1 unspecified atom stereocenters. The van der Waals surface area contributed by atoms with Gasteiger partial charge >= 0.3 is 6.18 Å². The zero-order valence-electron chi connectivity index (χ0n) is 13.4. The van der Waals surface area contributed by atoms with Gasteiger partial charge in [-0.3, -0.25) is 0 Å². The highest BCUT2D eigenvalue weighted by atomic mass is 79.9. The molecule has 0 aliphatic rings. The van der Waals surface area contributed by atoms with Crippen LogP contribution in [0, 0.1) is 0 Å². The van der Waals surface area contributed by atoms with Gasteiger partial charge in [0, 0.05) is 12.7 Å². The fourth-order valence-corrected chi connectivity index (χ4v) is 2.91. The van der Waals surface area contributed by atoms with Crippen molar-refractivity contribution in [1.29, 1.82) is 0 Å². The summed E-state index contributed by atoms with van der Waals surface area (Å²) in [5.74, 6) is 0.699. The molecule has 3 rings (SSSR count). The molecule has 8 heteroatoms. The van der Waals surface area contributed by atoms with E-state index in [4.69, 9.17) is 0 Å². The lowest BCUT2D eigenvalue weighted by atomic mass is 9.96. The molecule has 132 valence electrons. The number of nitrogens with zero attached hydrogens (tertiary/aromatic N) is 3. The van der Waals surface area contributed by atoms with Crippen LogP contribution < -0.4 is 5.32 Å². The van der Waals surface area contributed by atoms with Crippen LogP contribution in [0.25, 0.3) is 5.65 Å². The highest BCUT2D eigenvalue weighted by Crippen LogP contribution is 2.31. The Bertz CT molecular complexity index is 876. The number of hydrogen-bond donors (Lipinski definition) is 1. The Morgan fingerprint density at radius 1 is 1.28 bits per heavy atom. The Balaban J connectivity index is 1.62. The molecule has 1 N–H and O–H groups in total. The molecule has 1 atom stereocenters. The SMILES string of the molecule is CC(CCNc1ccn2ncc(Br)c2n1)c1cccc(C(F)(F)F)c1. The van der Waals surface area contributed by atoms with Crippen molar-refractivity contribution in [2.75, 3.05) is 11.9 Å². The van der Waals surface area contributed by atoms with Crippen molar-refractivity contribution in [3.8, 4) is 0 Å². The largest absolute Gasteiger partial charge is 0.416 e. The number of nitrogens with one attached hydrogen (secondary N) is 1. The molecule has 25 heavy (non-hydrogen) atoms. The van der Waals surface area contributed by atoms with Crippen molar-refractivity contribution in [3.63, 3.8) is 0 Å². The predicted octanol–water partition coefficient (Wildman–Crippen LogP) is 5.12. The molecule has 0 amide bonds. The van der Waals surface area contributed by atoms with Crippen LogP contribution in [0.3, 0.4) is 0 Å². The molecule has 0 spiro atoms. The van der Waals surface area contributed by atoms with E-state index in [9.17, 15) is 13.2 Å². The number of halogens is 4.